The van der Waals surface area contributed by atoms with Gasteiger partial charge in [-0.25, -0.2) is 8.78 Å². The second-order valence-corrected chi connectivity index (χ2v) is 3.85. The SMILES string of the molecule is CNC1(c2cccc(F)c2)CC(F)C1. The first-order valence-electron chi connectivity index (χ1n) is 4.75. The Balaban J connectivity index is 2.29. The second-order valence-electron chi connectivity index (χ2n) is 3.85. The lowest BCUT2D eigenvalue weighted by Gasteiger charge is -2.44. The number of halogens is 2. The van der Waals surface area contributed by atoms with Crippen LogP contribution in [-0.2, 0) is 5.54 Å². The van der Waals surface area contributed by atoms with Crippen molar-refractivity contribution < 1.29 is 8.78 Å². The fraction of sp³-hybridized carbons (Fsp3) is 0.455. The van der Waals surface area contributed by atoms with Crippen molar-refractivity contribution in [3.05, 3.63) is 35.6 Å². The van der Waals surface area contributed by atoms with E-state index in [-0.39, 0.29) is 11.4 Å². The van der Waals surface area contributed by atoms with Crippen molar-refractivity contribution >= 4 is 0 Å². The standard InChI is InChI=1S/C11H13F2N/c1-14-11(6-10(13)7-11)8-3-2-4-9(12)5-8/h2-5,10,14H,6-7H2,1H3. The van der Waals surface area contributed by atoms with Gasteiger partial charge in [0.1, 0.15) is 12.0 Å². The molecule has 3 heteroatoms. The average Bonchev–Trinajstić information content (AvgIpc) is 2.12. The van der Waals surface area contributed by atoms with Crippen molar-refractivity contribution in [2.45, 2.75) is 24.6 Å². The lowest BCUT2D eigenvalue weighted by molar-refractivity contribution is 0.0715. The van der Waals surface area contributed by atoms with Crippen LogP contribution in [0.5, 0.6) is 0 Å². The predicted molar refractivity (Wildman–Crippen MR) is 51.3 cm³/mol. The quantitative estimate of drug-likeness (QED) is 0.767. The van der Waals surface area contributed by atoms with Crippen LogP contribution in [0.15, 0.2) is 24.3 Å². The molecule has 0 saturated heterocycles. The zero-order valence-electron chi connectivity index (χ0n) is 8.06. The van der Waals surface area contributed by atoms with E-state index in [1.807, 2.05) is 6.07 Å². The minimum Gasteiger partial charge on any atom is -0.310 e. The summed E-state index contributed by atoms with van der Waals surface area (Å²) in [7, 11) is 1.79. The molecule has 1 fully saturated rings. The third-order valence-electron chi connectivity index (χ3n) is 3.00. The summed E-state index contributed by atoms with van der Waals surface area (Å²) >= 11 is 0. The Morgan fingerprint density at radius 2 is 2.14 bits per heavy atom. The molecule has 1 nitrogen and oxygen atoms in total. The van der Waals surface area contributed by atoms with E-state index in [1.54, 1.807) is 13.1 Å². The number of hydrogen-bond acceptors (Lipinski definition) is 1. The van der Waals surface area contributed by atoms with Crippen LogP contribution in [0.3, 0.4) is 0 Å². The van der Waals surface area contributed by atoms with E-state index in [9.17, 15) is 8.78 Å². The van der Waals surface area contributed by atoms with Crippen molar-refractivity contribution in [2.75, 3.05) is 7.05 Å². The van der Waals surface area contributed by atoms with Crippen molar-refractivity contribution in [2.24, 2.45) is 0 Å². The van der Waals surface area contributed by atoms with Gasteiger partial charge < -0.3 is 5.32 Å². The third-order valence-corrected chi connectivity index (χ3v) is 3.00. The van der Waals surface area contributed by atoms with Crippen LogP contribution < -0.4 is 5.32 Å². The Morgan fingerprint density at radius 3 is 2.64 bits per heavy atom. The maximum atomic E-state index is 13.0. The molecule has 14 heavy (non-hydrogen) atoms. The molecule has 2 rings (SSSR count). The second kappa shape index (κ2) is 3.31. The molecule has 1 aromatic carbocycles. The fourth-order valence-electron chi connectivity index (χ4n) is 2.07. The monoisotopic (exact) mass is 197 g/mol. The Kier molecular flexibility index (Phi) is 2.27. The van der Waals surface area contributed by atoms with Crippen LogP contribution in [0, 0.1) is 5.82 Å². The Hall–Kier alpha value is -0.960. The topological polar surface area (TPSA) is 12.0 Å². The molecule has 0 atom stereocenters. The molecular formula is C11H13F2N. The normalized spacial score (nSPS) is 31.2. The van der Waals surface area contributed by atoms with E-state index in [0.717, 1.165) is 5.56 Å². The molecule has 0 amide bonds. The van der Waals surface area contributed by atoms with E-state index < -0.39 is 6.17 Å². The van der Waals surface area contributed by atoms with Gasteiger partial charge in [-0.15, -0.1) is 0 Å². The van der Waals surface area contributed by atoms with Crippen LogP contribution in [-0.4, -0.2) is 13.2 Å². The molecule has 1 N–H and O–H groups in total. The van der Waals surface area contributed by atoms with Gasteiger partial charge in [-0.3, -0.25) is 0 Å². The zero-order valence-corrected chi connectivity index (χ0v) is 8.06. The number of hydrogen-bond donors (Lipinski definition) is 1. The lowest BCUT2D eigenvalue weighted by Crippen LogP contribution is -2.52. The molecule has 0 bridgehead atoms. The summed E-state index contributed by atoms with van der Waals surface area (Å²) in [5.41, 5.74) is 0.496. The Morgan fingerprint density at radius 1 is 1.43 bits per heavy atom. The van der Waals surface area contributed by atoms with Crippen LogP contribution in [0.2, 0.25) is 0 Å². The maximum Gasteiger partial charge on any atom is 0.123 e. The average molecular weight is 197 g/mol. The number of alkyl halides is 1. The van der Waals surface area contributed by atoms with E-state index >= 15 is 0 Å². The molecule has 0 spiro atoms. The Labute approximate surface area is 82.1 Å². The highest BCUT2D eigenvalue weighted by Gasteiger charge is 2.44. The number of rotatable bonds is 2. The summed E-state index contributed by atoms with van der Waals surface area (Å²) in [4.78, 5) is 0. The predicted octanol–water partition coefficient (Wildman–Crippen LogP) is 2.37. The summed E-state index contributed by atoms with van der Waals surface area (Å²) < 4.78 is 25.8. The van der Waals surface area contributed by atoms with Gasteiger partial charge in [-0.2, -0.15) is 0 Å². The Bertz CT molecular complexity index is 332. The van der Waals surface area contributed by atoms with Gasteiger partial charge in [0.15, 0.2) is 0 Å². The molecule has 1 aliphatic rings. The molecule has 0 aliphatic heterocycles. The minimum absolute atomic E-state index is 0.264. The highest BCUT2D eigenvalue weighted by Crippen LogP contribution is 2.42. The summed E-state index contributed by atoms with van der Waals surface area (Å²) in [5.74, 6) is -0.264. The van der Waals surface area contributed by atoms with E-state index in [4.69, 9.17) is 0 Å². The maximum absolute atomic E-state index is 13.0. The largest absolute Gasteiger partial charge is 0.310 e. The smallest absolute Gasteiger partial charge is 0.123 e. The van der Waals surface area contributed by atoms with E-state index in [2.05, 4.69) is 5.32 Å². The number of nitrogens with one attached hydrogen (secondary N) is 1. The molecule has 1 saturated carbocycles. The molecule has 0 radical (unpaired) electrons. The summed E-state index contributed by atoms with van der Waals surface area (Å²) in [6.45, 7) is 0. The van der Waals surface area contributed by atoms with Crippen LogP contribution in [0.1, 0.15) is 18.4 Å². The fourth-order valence-corrected chi connectivity index (χ4v) is 2.07. The summed E-state index contributed by atoms with van der Waals surface area (Å²) in [6, 6.07) is 6.38. The summed E-state index contributed by atoms with van der Waals surface area (Å²) in [5, 5.41) is 3.08. The third kappa shape index (κ3) is 1.42. The first kappa shape index (κ1) is 9.59. The van der Waals surface area contributed by atoms with Crippen molar-refractivity contribution in [1.29, 1.82) is 0 Å². The highest BCUT2D eigenvalue weighted by molar-refractivity contribution is 5.28. The van der Waals surface area contributed by atoms with Crippen LogP contribution in [0.4, 0.5) is 8.78 Å². The van der Waals surface area contributed by atoms with Gasteiger partial charge >= 0.3 is 0 Å². The van der Waals surface area contributed by atoms with Gasteiger partial charge in [-0.1, -0.05) is 12.1 Å². The van der Waals surface area contributed by atoms with Gasteiger partial charge in [0, 0.05) is 18.4 Å². The van der Waals surface area contributed by atoms with E-state index in [1.165, 1.54) is 12.1 Å². The molecule has 1 aliphatic carbocycles. The minimum atomic E-state index is -0.759. The van der Waals surface area contributed by atoms with Crippen LogP contribution in [0.25, 0.3) is 0 Å². The summed E-state index contributed by atoms with van der Waals surface area (Å²) in [6.07, 6.45) is 0.116. The van der Waals surface area contributed by atoms with Crippen molar-refractivity contribution in [1.82, 2.24) is 5.32 Å². The van der Waals surface area contributed by atoms with Crippen molar-refractivity contribution in [3.63, 3.8) is 0 Å². The number of benzene rings is 1. The van der Waals surface area contributed by atoms with Gasteiger partial charge in [-0.05, 0) is 24.7 Å². The first-order chi connectivity index (χ1) is 6.66. The zero-order chi connectivity index (χ0) is 10.2. The molecule has 0 aromatic heterocycles. The molecular weight excluding hydrogens is 184 g/mol. The molecule has 1 aromatic rings. The van der Waals surface area contributed by atoms with Gasteiger partial charge in [0.2, 0.25) is 0 Å². The first-order valence-corrected chi connectivity index (χ1v) is 4.75. The highest BCUT2D eigenvalue weighted by atomic mass is 19.1. The lowest BCUT2D eigenvalue weighted by atomic mass is 9.70. The van der Waals surface area contributed by atoms with E-state index in [0.29, 0.717) is 12.8 Å². The van der Waals surface area contributed by atoms with Crippen molar-refractivity contribution in [3.8, 4) is 0 Å². The van der Waals surface area contributed by atoms with Crippen LogP contribution >= 0.6 is 0 Å². The molecule has 0 heterocycles. The molecule has 76 valence electrons. The molecule has 0 unspecified atom stereocenters. The van der Waals surface area contributed by atoms with Gasteiger partial charge in [0.05, 0.1) is 0 Å². The van der Waals surface area contributed by atoms with Gasteiger partial charge in [0.25, 0.3) is 0 Å².